The number of hydrogen-bond donors (Lipinski definition) is 1. The first kappa shape index (κ1) is 7.77. The minimum absolute atomic E-state index is 0.497. The zero-order chi connectivity index (χ0) is 8.55. The van der Waals surface area contributed by atoms with Crippen molar-refractivity contribution in [1.82, 2.24) is 4.98 Å². The van der Waals surface area contributed by atoms with Crippen LogP contribution in [-0.4, -0.2) is 10.1 Å². The zero-order valence-corrected chi connectivity index (χ0v) is 7.12. The van der Waals surface area contributed by atoms with E-state index in [1.165, 1.54) is 0 Å². The molecule has 0 aliphatic heterocycles. The Morgan fingerprint density at radius 1 is 1.58 bits per heavy atom. The summed E-state index contributed by atoms with van der Waals surface area (Å²) >= 11 is 5.92. The molecule has 0 fully saturated rings. The van der Waals surface area contributed by atoms with Gasteiger partial charge in [-0.05, 0) is 12.5 Å². The van der Waals surface area contributed by atoms with Gasteiger partial charge in [0.1, 0.15) is 6.10 Å². The van der Waals surface area contributed by atoms with Gasteiger partial charge in [0.05, 0.1) is 5.69 Å². The predicted molar refractivity (Wildman–Crippen MR) is 47.6 cm³/mol. The fourth-order valence-electron chi connectivity index (χ4n) is 1.32. The molecule has 3 heteroatoms. The molecule has 1 aliphatic rings. The van der Waals surface area contributed by atoms with Crippen LogP contribution in [0.25, 0.3) is 5.03 Å². The number of hydrogen-bond acceptors (Lipinski definition) is 2. The summed E-state index contributed by atoms with van der Waals surface area (Å²) in [7, 11) is 0. The largest absolute Gasteiger partial charge is 0.386 e. The van der Waals surface area contributed by atoms with Gasteiger partial charge < -0.3 is 5.11 Å². The zero-order valence-electron chi connectivity index (χ0n) is 6.37. The maximum Gasteiger partial charge on any atom is 0.100 e. The molecule has 1 unspecified atom stereocenters. The molecule has 62 valence electrons. The van der Waals surface area contributed by atoms with E-state index in [9.17, 15) is 5.11 Å². The van der Waals surface area contributed by atoms with E-state index in [2.05, 4.69) is 4.98 Å². The maximum absolute atomic E-state index is 9.51. The van der Waals surface area contributed by atoms with Crippen molar-refractivity contribution in [3.05, 3.63) is 35.7 Å². The molecule has 0 spiro atoms. The second-order valence-electron chi connectivity index (χ2n) is 2.74. The molecule has 0 radical (unpaired) electrons. The maximum atomic E-state index is 9.51. The Kier molecular flexibility index (Phi) is 1.87. The monoisotopic (exact) mass is 181 g/mol. The Labute approximate surface area is 75.5 Å². The van der Waals surface area contributed by atoms with Crippen LogP contribution in [-0.2, 0) is 0 Å². The minimum Gasteiger partial charge on any atom is -0.386 e. The summed E-state index contributed by atoms with van der Waals surface area (Å²) < 4.78 is 0. The molecule has 0 saturated carbocycles. The number of aromatic nitrogens is 1. The van der Waals surface area contributed by atoms with Crippen molar-refractivity contribution in [2.24, 2.45) is 0 Å². The smallest absolute Gasteiger partial charge is 0.100 e. The summed E-state index contributed by atoms with van der Waals surface area (Å²) in [5.74, 6) is 0. The SMILES string of the molecule is OC1CC=C(Cl)c2cccnc21. The van der Waals surface area contributed by atoms with Crippen LogP contribution in [0.1, 0.15) is 23.8 Å². The van der Waals surface area contributed by atoms with Gasteiger partial charge in [-0.2, -0.15) is 0 Å². The van der Waals surface area contributed by atoms with E-state index in [1.54, 1.807) is 6.20 Å². The molecule has 1 aromatic rings. The van der Waals surface area contributed by atoms with E-state index in [4.69, 9.17) is 11.6 Å². The van der Waals surface area contributed by atoms with E-state index < -0.39 is 6.10 Å². The molecule has 1 atom stereocenters. The first-order valence-electron chi connectivity index (χ1n) is 3.78. The normalized spacial score (nSPS) is 21.5. The average Bonchev–Trinajstić information content (AvgIpc) is 2.12. The third-order valence-electron chi connectivity index (χ3n) is 1.93. The highest BCUT2D eigenvalue weighted by molar-refractivity contribution is 6.49. The lowest BCUT2D eigenvalue weighted by Crippen LogP contribution is -2.06. The molecule has 1 N–H and O–H groups in total. The van der Waals surface area contributed by atoms with Crippen molar-refractivity contribution in [2.45, 2.75) is 12.5 Å². The summed E-state index contributed by atoms with van der Waals surface area (Å²) in [5.41, 5.74) is 1.53. The van der Waals surface area contributed by atoms with Crippen molar-refractivity contribution >= 4 is 16.6 Å². The third kappa shape index (κ3) is 1.13. The van der Waals surface area contributed by atoms with Crippen LogP contribution < -0.4 is 0 Å². The number of fused-ring (bicyclic) bond motifs is 1. The standard InChI is InChI=1S/C9H8ClNO/c10-7-3-4-8(12)9-6(7)2-1-5-11-9/h1-3,5,8,12H,4H2. The van der Waals surface area contributed by atoms with Crippen molar-refractivity contribution in [1.29, 1.82) is 0 Å². The molecule has 0 bridgehead atoms. The van der Waals surface area contributed by atoms with Crippen molar-refractivity contribution in [2.75, 3.05) is 0 Å². The van der Waals surface area contributed by atoms with Gasteiger partial charge in [-0.3, -0.25) is 4.98 Å². The highest BCUT2D eigenvalue weighted by Gasteiger charge is 2.18. The number of aliphatic hydroxyl groups is 1. The van der Waals surface area contributed by atoms with Crippen molar-refractivity contribution in [3.63, 3.8) is 0 Å². The van der Waals surface area contributed by atoms with Crippen LogP contribution >= 0.6 is 11.6 Å². The summed E-state index contributed by atoms with van der Waals surface area (Å²) in [4.78, 5) is 4.08. The van der Waals surface area contributed by atoms with Crippen LogP contribution in [0, 0.1) is 0 Å². The molecule has 0 amide bonds. The molecular formula is C9H8ClNO. The van der Waals surface area contributed by atoms with Gasteiger partial charge in [0.15, 0.2) is 0 Å². The molecule has 0 saturated heterocycles. The Hall–Kier alpha value is -0.860. The molecule has 0 aromatic carbocycles. The number of pyridine rings is 1. The summed E-state index contributed by atoms with van der Waals surface area (Å²) in [6.07, 6.45) is 3.54. The number of halogens is 1. The van der Waals surface area contributed by atoms with E-state index in [1.807, 2.05) is 18.2 Å². The molecule has 1 heterocycles. The van der Waals surface area contributed by atoms with E-state index in [0.717, 1.165) is 5.56 Å². The Bertz CT molecular complexity index is 335. The quantitative estimate of drug-likeness (QED) is 0.665. The van der Waals surface area contributed by atoms with E-state index in [0.29, 0.717) is 17.1 Å². The molecule has 2 rings (SSSR count). The van der Waals surface area contributed by atoms with Gasteiger partial charge in [-0.1, -0.05) is 23.7 Å². The van der Waals surface area contributed by atoms with Crippen molar-refractivity contribution < 1.29 is 5.11 Å². The second-order valence-corrected chi connectivity index (χ2v) is 3.15. The highest BCUT2D eigenvalue weighted by atomic mass is 35.5. The first-order valence-corrected chi connectivity index (χ1v) is 4.16. The molecule has 2 nitrogen and oxygen atoms in total. The van der Waals surface area contributed by atoms with Gasteiger partial charge >= 0.3 is 0 Å². The minimum atomic E-state index is -0.497. The molecule has 1 aromatic heterocycles. The van der Waals surface area contributed by atoms with Gasteiger partial charge in [0.2, 0.25) is 0 Å². The summed E-state index contributed by atoms with van der Waals surface area (Å²) in [5, 5.41) is 10.2. The summed E-state index contributed by atoms with van der Waals surface area (Å²) in [6.45, 7) is 0. The highest BCUT2D eigenvalue weighted by Crippen LogP contribution is 2.32. The fourth-order valence-corrected chi connectivity index (χ4v) is 1.57. The van der Waals surface area contributed by atoms with Crippen LogP contribution in [0.15, 0.2) is 24.4 Å². The van der Waals surface area contributed by atoms with E-state index in [-0.39, 0.29) is 0 Å². The van der Waals surface area contributed by atoms with Gasteiger partial charge in [0.25, 0.3) is 0 Å². The van der Waals surface area contributed by atoms with Gasteiger partial charge in [-0.15, -0.1) is 0 Å². The number of aliphatic hydroxyl groups excluding tert-OH is 1. The lowest BCUT2D eigenvalue weighted by Gasteiger charge is -2.16. The van der Waals surface area contributed by atoms with Crippen molar-refractivity contribution in [3.8, 4) is 0 Å². The van der Waals surface area contributed by atoms with Crippen LogP contribution in [0.4, 0.5) is 0 Å². The van der Waals surface area contributed by atoms with Gasteiger partial charge in [-0.25, -0.2) is 0 Å². The topological polar surface area (TPSA) is 33.1 Å². The number of rotatable bonds is 0. The van der Waals surface area contributed by atoms with Crippen LogP contribution in [0.5, 0.6) is 0 Å². The molecule has 1 aliphatic carbocycles. The third-order valence-corrected chi connectivity index (χ3v) is 2.29. The summed E-state index contributed by atoms with van der Waals surface area (Å²) in [6, 6.07) is 3.68. The molecule has 12 heavy (non-hydrogen) atoms. The predicted octanol–water partition coefficient (Wildman–Crippen LogP) is 2.10. The van der Waals surface area contributed by atoms with Gasteiger partial charge in [0, 0.05) is 16.8 Å². The average molecular weight is 182 g/mol. The Morgan fingerprint density at radius 3 is 3.17 bits per heavy atom. The number of nitrogens with zero attached hydrogens (tertiary/aromatic N) is 1. The van der Waals surface area contributed by atoms with E-state index >= 15 is 0 Å². The lowest BCUT2D eigenvalue weighted by molar-refractivity contribution is 0.175. The lowest BCUT2D eigenvalue weighted by atomic mass is 10.0. The Morgan fingerprint density at radius 2 is 2.42 bits per heavy atom. The molecular weight excluding hydrogens is 174 g/mol. The van der Waals surface area contributed by atoms with Crippen LogP contribution in [0.3, 0.4) is 0 Å². The Balaban J connectivity index is 2.58. The van der Waals surface area contributed by atoms with Crippen LogP contribution in [0.2, 0.25) is 0 Å². The fraction of sp³-hybridized carbons (Fsp3) is 0.222. The first-order chi connectivity index (χ1) is 5.79. The second kappa shape index (κ2) is 2.88.